The van der Waals surface area contributed by atoms with E-state index >= 15 is 0 Å². The molecule has 2 rings (SSSR count). The van der Waals surface area contributed by atoms with Gasteiger partial charge in [0.1, 0.15) is 11.9 Å². The van der Waals surface area contributed by atoms with Gasteiger partial charge in [-0.15, -0.1) is 24.5 Å². The largest absolute Gasteiger partial charge is 0.573 e. The highest BCUT2D eigenvalue weighted by molar-refractivity contribution is 7.89. The maximum Gasteiger partial charge on any atom is 0.573 e. The van der Waals surface area contributed by atoms with Crippen molar-refractivity contribution in [1.29, 1.82) is 0 Å². The zero-order chi connectivity index (χ0) is 19.2. The van der Waals surface area contributed by atoms with E-state index in [9.17, 15) is 21.6 Å². The number of hydrogen-bond donors (Lipinski definition) is 2. The highest BCUT2D eigenvalue weighted by Crippen LogP contribution is 2.25. The van der Waals surface area contributed by atoms with Crippen LogP contribution in [0.3, 0.4) is 0 Å². The summed E-state index contributed by atoms with van der Waals surface area (Å²) in [6.07, 6.45) is -5.44. The molecule has 1 aromatic carbocycles. The molecule has 0 fully saturated rings. The molecular weight excluding hydrogens is 395 g/mol. The number of hydrogen-bond acceptors (Lipinski definition) is 6. The minimum atomic E-state index is -4.85. The molecule has 0 spiro atoms. The van der Waals surface area contributed by atoms with Crippen LogP contribution in [0.2, 0.25) is 0 Å². The molecule has 11 heteroatoms. The molecule has 26 heavy (non-hydrogen) atoms. The molecule has 2 N–H and O–H groups in total. The summed E-state index contributed by atoms with van der Waals surface area (Å²) in [6, 6.07) is 7.41. The first-order valence-corrected chi connectivity index (χ1v) is 9.69. The van der Waals surface area contributed by atoms with Gasteiger partial charge in [-0.25, -0.2) is 13.1 Å². The third-order valence-corrected chi connectivity index (χ3v) is 5.50. The van der Waals surface area contributed by atoms with Gasteiger partial charge in [-0.3, -0.25) is 0 Å². The van der Waals surface area contributed by atoms with Crippen LogP contribution in [0.25, 0.3) is 0 Å². The van der Waals surface area contributed by atoms with Gasteiger partial charge in [-0.2, -0.15) is 0 Å². The first-order chi connectivity index (χ1) is 12.2. The molecule has 0 amide bonds. The normalized spacial score (nSPS) is 13.5. The van der Waals surface area contributed by atoms with Crippen LogP contribution >= 0.6 is 11.3 Å². The van der Waals surface area contributed by atoms with E-state index in [0.717, 1.165) is 29.1 Å². The van der Waals surface area contributed by atoms with Gasteiger partial charge in [0.2, 0.25) is 10.0 Å². The summed E-state index contributed by atoms with van der Waals surface area (Å²) < 4.78 is 72.5. The van der Waals surface area contributed by atoms with Gasteiger partial charge in [0.05, 0.1) is 18.1 Å². The summed E-state index contributed by atoms with van der Waals surface area (Å²) in [6.45, 7) is -0.271. The molecule has 1 atom stereocenters. The van der Waals surface area contributed by atoms with E-state index < -0.39 is 28.2 Å². The van der Waals surface area contributed by atoms with Gasteiger partial charge in [-0.05, 0) is 35.7 Å². The van der Waals surface area contributed by atoms with E-state index in [-0.39, 0.29) is 24.7 Å². The molecule has 0 aliphatic rings. The lowest BCUT2D eigenvalue weighted by molar-refractivity contribution is -0.274. The summed E-state index contributed by atoms with van der Waals surface area (Å²) in [7, 11) is -3.96. The van der Waals surface area contributed by atoms with Crippen LogP contribution in [-0.2, 0) is 14.8 Å². The predicted octanol–water partition coefficient (Wildman–Crippen LogP) is 2.68. The molecular formula is C15H16F3NO5S2. The maximum atomic E-state index is 12.3. The molecule has 1 heterocycles. The number of aliphatic hydroxyl groups excluding tert-OH is 1. The number of benzene rings is 1. The van der Waals surface area contributed by atoms with Crippen molar-refractivity contribution in [2.75, 3.05) is 19.8 Å². The smallest absolute Gasteiger partial charge is 0.406 e. The Bertz CT molecular complexity index is 777. The van der Waals surface area contributed by atoms with Crippen molar-refractivity contribution in [3.05, 3.63) is 46.7 Å². The summed E-state index contributed by atoms with van der Waals surface area (Å²) in [5.41, 5.74) is 0. The number of ether oxygens (including phenoxy) is 2. The van der Waals surface area contributed by atoms with Crippen LogP contribution in [0, 0.1) is 0 Å². The Hall–Kier alpha value is -1.66. The highest BCUT2D eigenvalue weighted by Gasteiger charge is 2.31. The van der Waals surface area contributed by atoms with Crippen molar-refractivity contribution in [3.63, 3.8) is 0 Å². The maximum absolute atomic E-state index is 12.3. The number of nitrogens with one attached hydrogen (secondary N) is 1. The Kier molecular flexibility index (Phi) is 7.01. The monoisotopic (exact) mass is 411 g/mol. The van der Waals surface area contributed by atoms with Crippen molar-refractivity contribution in [2.45, 2.75) is 17.4 Å². The Morgan fingerprint density at radius 1 is 1.19 bits per heavy atom. The van der Waals surface area contributed by atoms with Crippen LogP contribution in [0.4, 0.5) is 13.2 Å². The number of sulfonamides is 1. The lowest BCUT2D eigenvalue weighted by atomic mass is 10.3. The quantitative estimate of drug-likeness (QED) is 0.663. The summed E-state index contributed by atoms with van der Waals surface area (Å²) in [5.74, 6) is -0.515. The molecule has 0 unspecified atom stereocenters. The van der Waals surface area contributed by atoms with E-state index in [1.165, 1.54) is 11.3 Å². The number of alkyl halides is 3. The van der Waals surface area contributed by atoms with Crippen molar-refractivity contribution in [1.82, 2.24) is 4.72 Å². The number of aliphatic hydroxyl groups is 1. The Morgan fingerprint density at radius 2 is 1.88 bits per heavy atom. The van der Waals surface area contributed by atoms with Crippen LogP contribution in [0.15, 0.2) is 46.7 Å². The van der Waals surface area contributed by atoms with E-state index in [0.29, 0.717) is 0 Å². The second-order valence-corrected chi connectivity index (χ2v) is 7.72. The summed E-state index contributed by atoms with van der Waals surface area (Å²) >= 11 is 1.37. The Labute approximate surface area is 152 Å². The second kappa shape index (κ2) is 8.82. The fraction of sp³-hybridized carbons (Fsp3) is 0.333. The van der Waals surface area contributed by atoms with Crippen LogP contribution < -0.4 is 9.46 Å². The standard InChI is InChI=1S/C15H16F3NO5S2/c16-15(17,18)24-11-3-5-12(6-4-11)26(21,22)19-10-13(23-8-7-20)14-2-1-9-25-14/h1-6,9,13,19-20H,7-8,10H2/t13-/m1/s1. The average molecular weight is 411 g/mol. The van der Waals surface area contributed by atoms with Crippen LogP contribution in [0.5, 0.6) is 5.75 Å². The molecule has 2 aromatic rings. The third-order valence-electron chi connectivity index (χ3n) is 3.10. The fourth-order valence-corrected chi connectivity index (χ4v) is 3.81. The minimum Gasteiger partial charge on any atom is -0.406 e. The fourth-order valence-electron chi connectivity index (χ4n) is 2.00. The zero-order valence-corrected chi connectivity index (χ0v) is 14.9. The van der Waals surface area contributed by atoms with Crippen molar-refractivity contribution in [3.8, 4) is 5.75 Å². The molecule has 0 bridgehead atoms. The lowest BCUT2D eigenvalue weighted by Crippen LogP contribution is -2.29. The van der Waals surface area contributed by atoms with Gasteiger partial charge in [0.25, 0.3) is 0 Å². The van der Waals surface area contributed by atoms with Gasteiger partial charge >= 0.3 is 6.36 Å². The topological polar surface area (TPSA) is 84.9 Å². The molecule has 1 aromatic heterocycles. The summed E-state index contributed by atoms with van der Waals surface area (Å²) in [4.78, 5) is 0.564. The Balaban J connectivity index is 2.04. The van der Waals surface area contributed by atoms with Crippen LogP contribution in [0.1, 0.15) is 11.0 Å². The molecule has 0 saturated carbocycles. The Morgan fingerprint density at radius 3 is 2.42 bits per heavy atom. The van der Waals surface area contributed by atoms with E-state index in [2.05, 4.69) is 9.46 Å². The highest BCUT2D eigenvalue weighted by atomic mass is 32.2. The molecule has 144 valence electrons. The van der Waals surface area contributed by atoms with Crippen LogP contribution in [-0.4, -0.2) is 39.6 Å². The first kappa shape index (κ1) is 20.6. The zero-order valence-electron chi connectivity index (χ0n) is 13.3. The molecule has 6 nitrogen and oxygen atoms in total. The predicted molar refractivity (Wildman–Crippen MR) is 88.4 cm³/mol. The SMILES string of the molecule is O=S(=O)(NC[C@@H](OCCO)c1cccs1)c1ccc(OC(F)(F)F)cc1. The van der Waals surface area contributed by atoms with Gasteiger partial charge in [0, 0.05) is 11.4 Å². The third kappa shape index (κ3) is 6.25. The molecule has 0 aliphatic heterocycles. The molecule has 0 aliphatic carbocycles. The van der Waals surface area contributed by atoms with Crippen molar-refractivity contribution < 1.29 is 36.2 Å². The molecule has 0 saturated heterocycles. The minimum absolute atomic E-state index is 0.0355. The van der Waals surface area contributed by atoms with E-state index in [1.807, 2.05) is 0 Å². The number of halogens is 3. The first-order valence-electron chi connectivity index (χ1n) is 7.32. The average Bonchev–Trinajstić information content (AvgIpc) is 3.08. The number of rotatable bonds is 9. The lowest BCUT2D eigenvalue weighted by Gasteiger charge is -2.17. The second-order valence-electron chi connectivity index (χ2n) is 4.97. The van der Waals surface area contributed by atoms with Gasteiger partial charge in [-0.1, -0.05) is 6.07 Å². The van der Waals surface area contributed by atoms with Gasteiger partial charge < -0.3 is 14.6 Å². The van der Waals surface area contributed by atoms with E-state index in [1.54, 1.807) is 17.5 Å². The molecule has 0 radical (unpaired) electrons. The van der Waals surface area contributed by atoms with Crippen molar-refractivity contribution >= 4 is 21.4 Å². The summed E-state index contributed by atoms with van der Waals surface area (Å²) in [5, 5.41) is 10.7. The van der Waals surface area contributed by atoms with E-state index in [4.69, 9.17) is 9.84 Å². The van der Waals surface area contributed by atoms with Crippen molar-refractivity contribution in [2.24, 2.45) is 0 Å². The number of thiophene rings is 1. The van der Waals surface area contributed by atoms with Gasteiger partial charge in [0.15, 0.2) is 0 Å².